The predicted molar refractivity (Wildman–Crippen MR) is 88.0 cm³/mol. The number of ether oxygens (including phenoxy) is 1. The lowest BCUT2D eigenvalue weighted by Gasteiger charge is -2.04. The van der Waals surface area contributed by atoms with E-state index in [1.165, 1.54) is 0 Å². The molecule has 1 amide bonds. The van der Waals surface area contributed by atoms with Gasteiger partial charge in [0.25, 0.3) is 5.91 Å². The third kappa shape index (κ3) is 4.75. The van der Waals surface area contributed by atoms with E-state index in [1.807, 2.05) is 24.3 Å². The van der Waals surface area contributed by atoms with Crippen LogP contribution in [0.1, 0.15) is 23.3 Å². The summed E-state index contributed by atoms with van der Waals surface area (Å²) in [6, 6.07) is 9.17. The summed E-state index contributed by atoms with van der Waals surface area (Å²) in [5.41, 5.74) is 6.68. The maximum atomic E-state index is 11.9. The third-order valence-corrected chi connectivity index (χ3v) is 3.08. The van der Waals surface area contributed by atoms with E-state index in [9.17, 15) is 4.79 Å². The lowest BCUT2D eigenvalue weighted by atomic mass is 10.3. The molecule has 1 aromatic carbocycles. The highest BCUT2D eigenvalue weighted by Gasteiger charge is 2.09. The zero-order chi connectivity index (χ0) is 15.1. The Morgan fingerprint density at radius 1 is 1.27 bits per heavy atom. The number of benzene rings is 1. The molecular formula is C15H21ClN4O2. The first-order valence-electron chi connectivity index (χ1n) is 6.93. The largest absolute Gasteiger partial charge is 0.497 e. The average Bonchev–Trinajstić information content (AvgIpc) is 3.01. The minimum absolute atomic E-state index is 0. The topological polar surface area (TPSA) is 82.2 Å². The monoisotopic (exact) mass is 324 g/mol. The number of amides is 1. The molecule has 0 atom stereocenters. The molecule has 0 saturated heterocycles. The number of methoxy groups -OCH3 is 1. The summed E-state index contributed by atoms with van der Waals surface area (Å²) in [6.45, 7) is 1.26. The number of carbonyl (C=O) groups is 1. The van der Waals surface area contributed by atoms with Crippen LogP contribution in [0, 0.1) is 0 Å². The van der Waals surface area contributed by atoms with Gasteiger partial charge in [-0.1, -0.05) is 0 Å². The van der Waals surface area contributed by atoms with Gasteiger partial charge in [-0.15, -0.1) is 12.4 Å². The summed E-state index contributed by atoms with van der Waals surface area (Å²) in [5.74, 6) is 0.614. The fraction of sp³-hybridized carbons (Fsp3) is 0.333. The fourth-order valence-electron chi connectivity index (χ4n) is 1.89. The molecule has 0 aliphatic heterocycles. The van der Waals surface area contributed by atoms with Crippen molar-refractivity contribution in [3.8, 4) is 11.4 Å². The van der Waals surface area contributed by atoms with Crippen LogP contribution in [0.4, 0.5) is 0 Å². The highest BCUT2D eigenvalue weighted by atomic mass is 35.5. The van der Waals surface area contributed by atoms with Crippen molar-refractivity contribution in [2.24, 2.45) is 5.73 Å². The quantitative estimate of drug-likeness (QED) is 0.760. The van der Waals surface area contributed by atoms with E-state index >= 15 is 0 Å². The van der Waals surface area contributed by atoms with E-state index in [0.29, 0.717) is 18.8 Å². The van der Waals surface area contributed by atoms with Gasteiger partial charge in [0.2, 0.25) is 0 Å². The molecule has 120 valence electrons. The number of halogens is 1. The summed E-state index contributed by atoms with van der Waals surface area (Å²) >= 11 is 0. The van der Waals surface area contributed by atoms with E-state index in [0.717, 1.165) is 24.3 Å². The Morgan fingerprint density at radius 2 is 2.00 bits per heavy atom. The standard InChI is InChI=1S/C15H20N4O2.ClH/c1-21-13-6-4-12(5-7-13)19-11-8-14(18-19)15(20)17-10-3-2-9-16;/h4-8,11H,2-3,9-10,16H2,1H3,(H,17,20);1H. The molecule has 1 aromatic heterocycles. The molecule has 2 rings (SSSR count). The van der Waals surface area contributed by atoms with E-state index in [-0.39, 0.29) is 18.3 Å². The smallest absolute Gasteiger partial charge is 0.271 e. The lowest BCUT2D eigenvalue weighted by Crippen LogP contribution is -2.25. The molecule has 0 radical (unpaired) electrons. The van der Waals surface area contributed by atoms with Crippen molar-refractivity contribution in [2.75, 3.05) is 20.2 Å². The number of nitrogens with one attached hydrogen (secondary N) is 1. The van der Waals surface area contributed by atoms with Gasteiger partial charge in [0.1, 0.15) is 5.75 Å². The molecule has 6 nitrogen and oxygen atoms in total. The van der Waals surface area contributed by atoms with Gasteiger partial charge in [0, 0.05) is 12.7 Å². The molecular weight excluding hydrogens is 304 g/mol. The van der Waals surface area contributed by atoms with Crippen LogP contribution >= 0.6 is 12.4 Å². The molecule has 3 N–H and O–H groups in total. The van der Waals surface area contributed by atoms with Crippen molar-refractivity contribution >= 4 is 18.3 Å². The Bertz CT molecular complexity index is 583. The zero-order valence-corrected chi connectivity index (χ0v) is 13.3. The lowest BCUT2D eigenvalue weighted by molar-refractivity contribution is 0.0947. The predicted octanol–water partition coefficient (Wildman–Crippen LogP) is 1.77. The molecule has 7 heteroatoms. The normalized spacial score (nSPS) is 9.91. The van der Waals surface area contributed by atoms with E-state index in [2.05, 4.69) is 10.4 Å². The van der Waals surface area contributed by atoms with Crippen molar-refractivity contribution in [1.29, 1.82) is 0 Å². The average molecular weight is 325 g/mol. The second-order valence-corrected chi connectivity index (χ2v) is 4.60. The Labute approximate surface area is 136 Å². The van der Waals surface area contributed by atoms with Crippen molar-refractivity contribution in [2.45, 2.75) is 12.8 Å². The van der Waals surface area contributed by atoms with Gasteiger partial charge in [-0.25, -0.2) is 4.68 Å². The molecule has 0 fully saturated rings. The first-order chi connectivity index (χ1) is 10.2. The van der Waals surface area contributed by atoms with Crippen LogP contribution in [-0.2, 0) is 0 Å². The molecule has 2 aromatic rings. The minimum atomic E-state index is -0.167. The second-order valence-electron chi connectivity index (χ2n) is 4.60. The van der Waals surface area contributed by atoms with Crippen molar-refractivity contribution < 1.29 is 9.53 Å². The molecule has 0 saturated carbocycles. The SMILES string of the molecule is COc1ccc(-n2ccc(C(=O)NCCCCN)n2)cc1.Cl. The molecule has 0 spiro atoms. The summed E-state index contributed by atoms with van der Waals surface area (Å²) in [7, 11) is 1.62. The summed E-state index contributed by atoms with van der Waals surface area (Å²) in [4.78, 5) is 11.9. The number of nitrogens with zero attached hydrogens (tertiary/aromatic N) is 2. The number of nitrogens with two attached hydrogens (primary N) is 1. The van der Waals surface area contributed by atoms with E-state index < -0.39 is 0 Å². The molecule has 0 aliphatic carbocycles. The van der Waals surface area contributed by atoms with Crippen LogP contribution in [0.3, 0.4) is 0 Å². The third-order valence-electron chi connectivity index (χ3n) is 3.08. The van der Waals surface area contributed by atoms with Gasteiger partial charge in [0.15, 0.2) is 5.69 Å². The maximum Gasteiger partial charge on any atom is 0.271 e. The minimum Gasteiger partial charge on any atom is -0.497 e. The summed E-state index contributed by atoms with van der Waals surface area (Å²) < 4.78 is 6.77. The highest BCUT2D eigenvalue weighted by Crippen LogP contribution is 2.14. The van der Waals surface area contributed by atoms with E-state index in [4.69, 9.17) is 10.5 Å². The Balaban J connectivity index is 0.00000242. The van der Waals surface area contributed by atoms with Gasteiger partial charge >= 0.3 is 0 Å². The first-order valence-corrected chi connectivity index (χ1v) is 6.93. The van der Waals surface area contributed by atoms with Crippen molar-refractivity contribution in [3.05, 3.63) is 42.2 Å². The molecule has 0 bridgehead atoms. The first kappa shape index (κ1) is 18.0. The Morgan fingerprint density at radius 3 is 2.64 bits per heavy atom. The van der Waals surface area contributed by atoms with Gasteiger partial charge in [-0.3, -0.25) is 4.79 Å². The van der Waals surface area contributed by atoms with Crippen LogP contribution in [0.15, 0.2) is 36.5 Å². The van der Waals surface area contributed by atoms with Crippen LogP contribution in [-0.4, -0.2) is 35.9 Å². The number of unbranched alkanes of at least 4 members (excludes halogenated alkanes) is 1. The number of rotatable bonds is 7. The van der Waals surface area contributed by atoms with Gasteiger partial charge < -0.3 is 15.8 Å². The van der Waals surface area contributed by atoms with Gasteiger partial charge in [-0.2, -0.15) is 5.10 Å². The van der Waals surface area contributed by atoms with E-state index in [1.54, 1.807) is 24.1 Å². The number of hydrogen-bond donors (Lipinski definition) is 2. The summed E-state index contributed by atoms with van der Waals surface area (Å²) in [5, 5.41) is 7.10. The van der Waals surface area contributed by atoms with Gasteiger partial charge in [0.05, 0.1) is 12.8 Å². The molecule has 22 heavy (non-hydrogen) atoms. The fourth-order valence-corrected chi connectivity index (χ4v) is 1.89. The number of carbonyl (C=O) groups excluding carboxylic acids is 1. The zero-order valence-electron chi connectivity index (χ0n) is 12.5. The second kappa shape index (κ2) is 9.07. The molecule has 0 aliphatic rings. The van der Waals surface area contributed by atoms with Crippen LogP contribution in [0.2, 0.25) is 0 Å². The van der Waals surface area contributed by atoms with Crippen LogP contribution in [0.5, 0.6) is 5.75 Å². The maximum absolute atomic E-state index is 11.9. The Kier molecular flexibility index (Phi) is 7.42. The number of hydrogen-bond acceptors (Lipinski definition) is 4. The highest BCUT2D eigenvalue weighted by molar-refractivity contribution is 5.92. The van der Waals surface area contributed by atoms with Crippen molar-refractivity contribution in [1.82, 2.24) is 15.1 Å². The van der Waals surface area contributed by atoms with Crippen molar-refractivity contribution in [3.63, 3.8) is 0 Å². The van der Waals surface area contributed by atoms with Crippen LogP contribution in [0.25, 0.3) is 5.69 Å². The van der Waals surface area contributed by atoms with Gasteiger partial charge in [-0.05, 0) is 49.7 Å². The molecule has 0 unspecified atom stereocenters. The molecule has 1 heterocycles. The Hall–Kier alpha value is -2.05. The van der Waals surface area contributed by atoms with Crippen LogP contribution < -0.4 is 15.8 Å². The number of aromatic nitrogens is 2. The summed E-state index contributed by atoms with van der Waals surface area (Å²) in [6.07, 6.45) is 3.54.